The number of rotatable bonds is 5. The molecule has 0 bridgehead atoms. The Morgan fingerprint density at radius 2 is 2.04 bits per heavy atom. The van der Waals surface area contributed by atoms with Crippen molar-refractivity contribution in [3.05, 3.63) is 70.5 Å². The van der Waals surface area contributed by atoms with Crippen LogP contribution in [-0.2, 0) is 11.3 Å². The van der Waals surface area contributed by atoms with Crippen molar-refractivity contribution < 1.29 is 13.9 Å². The van der Waals surface area contributed by atoms with E-state index in [0.29, 0.717) is 23.7 Å². The molecule has 1 aliphatic heterocycles. The number of hydrogen-bond acceptors (Lipinski definition) is 2. The van der Waals surface area contributed by atoms with Gasteiger partial charge >= 0.3 is 0 Å². The quantitative estimate of drug-likeness (QED) is 0.807. The van der Waals surface area contributed by atoms with Gasteiger partial charge in [0.2, 0.25) is 0 Å². The van der Waals surface area contributed by atoms with Gasteiger partial charge < -0.3 is 9.64 Å². The van der Waals surface area contributed by atoms with Gasteiger partial charge in [0.15, 0.2) is 0 Å². The van der Waals surface area contributed by atoms with E-state index in [9.17, 15) is 9.18 Å². The summed E-state index contributed by atoms with van der Waals surface area (Å²) < 4.78 is 18.8. The normalized spacial score (nSPS) is 17.0. The predicted octanol–water partition coefficient (Wildman–Crippen LogP) is 4.30. The lowest BCUT2D eigenvalue weighted by atomic mass is 10.1. The van der Waals surface area contributed by atoms with Crippen LogP contribution in [-0.4, -0.2) is 30.1 Å². The van der Waals surface area contributed by atoms with Gasteiger partial charge in [-0.2, -0.15) is 0 Å². The van der Waals surface area contributed by atoms with Crippen molar-refractivity contribution in [2.45, 2.75) is 25.5 Å². The van der Waals surface area contributed by atoms with E-state index in [1.54, 1.807) is 41.3 Å². The van der Waals surface area contributed by atoms with Crippen LogP contribution in [0.3, 0.4) is 0 Å². The molecule has 1 heterocycles. The van der Waals surface area contributed by atoms with E-state index >= 15 is 0 Å². The van der Waals surface area contributed by atoms with Crippen molar-refractivity contribution in [1.29, 1.82) is 0 Å². The standard InChI is InChI=1S/C19H19ClFNO2/c20-16-4-1-3-15(11-16)19(23)22(13-18-5-2-10-24-18)12-14-6-8-17(21)9-7-14/h1,3-4,6-9,11,18H,2,5,10,12-13H2. The van der Waals surface area contributed by atoms with Crippen LogP contribution in [0.2, 0.25) is 5.02 Å². The van der Waals surface area contributed by atoms with Crippen LogP contribution < -0.4 is 0 Å². The van der Waals surface area contributed by atoms with Gasteiger partial charge in [-0.25, -0.2) is 4.39 Å². The second-order valence-electron chi connectivity index (χ2n) is 5.96. The largest absolute Gasteiger partial charge is 0.376 e. The second-order valence-corrected chi connectivity index (χ2v) is 6.39. The molecule has 0 N–H and O–H groups in total. The highest BCUT2D eigenvalue weighted by Gasteiger charge is 2.23. The number of carbonyl (C=O) groups excluding carboxylic acids is 1. The van der Waals surface area contributed by atoms with E-state index in [1.165, 1.54) is 12.1 Å². The molecular weight excluding hydrogens is 329 g/mol. The summed E-state index contributed by atoms with van der Waals surface area (Å²) in [5.41, 5.74) is 1.42. The van der Waals surface area contributed by atoms with Gasteiger partial charge in [-0.3, -0.25) is 4.79 Å². The van der Waals surface area contributed by atoms with E-state index in [-0.39, 0.29) is 17.8 Å². The average Bonchev–Trinajstić information content (AvgIpc) is 3.09. The summed E-state index contributed by atoms with van der Waals surface area (Å²) in [6.07, 6.45) is 2.01. The van der Waals surface area contributed by atoms with Crippen LogP contribution in [0.15, 0.2) is 48.5 Å². The minimum Gasteiger partial charge on any atom is -0.376 e. The molecular formula is C19H19ClFNO2. The maximum Gasteiger partial charge on any atom is 0.254 e. The Balaban J connectivity index is 1.80. The zero-order valence-corrected chi connectivity index (χ0v) is 14.0. The zero-order chi connectivity index (χ0) is 16.9. The molecule has 2 aromatic carbocycles. The fourth-order valence-electron chi connectivity index (χ4n) is 2.87. The van der Waals surface area contributed by atoms with E-state index in [2.05, 4.69) is 0 Å². The molecule has 1 saturated heterocycles. The monoisotopic (exact) mass is 347 g/mol. The van der Waals surface area contributed by atoms with Crippen molar-refractivity contribution in [2.75, 3.05) is 13.2 Å². The first-order valence-electron chi connectivity index (χ1n) is 8.03. The molecule has 0 saturated carbocycles. The van der Waals surface area contributed by atoms with Crippen LogP contribution in [0.4, 0.5) is 4.39 Å². The third-order valence-corrected chi connectivity index (χ3v) is 4.33. The van der Waals surface area contributed by atoms with Crippen LogP contribution in [0.1, 0.15) is 28.8 Å². The SMILES string of the molecule is O=C(c1cccc(Cl)c1)N(Cc1ccc(F)cc1)CC1CCCO1. The third-order valence-electron chi connectivity index (χ3n) is 4.09. The summed E-state index contributed by atoms with van der Waals surface area (Å²) in [6, 6.07) is 13.1. The first kappa shape index (κ1) is 16.9. The summed E-state index contributed by atoms with van der Waals surface area (Å²) in [5.74, 6) is -0.386. The molecule has 1 atom stereocenters. The van der Waals surface area contributed by atoms with Crippen LogP contribution in [0.25, 0.3) is 0 Å². The molecule has 1 fully saturated rings. The van der Waals surface area contributed by atoms with E-state index in [0.717, 1.165) is 25.0 Å². The predicted molar refractivity (Wildman–Crippen MR) is 91.6 cm³/mol. The molecule has 3 rings (SSSR count). The molecule has 0 radical (unpaired) electrons. The first-order valence-corrected chi connectivity index (χ1v) is 8.40. The Hall–Kier alpha value is -1.91. The van der Waals surface area contributed by atoms with Crippen molar-refractivity contribution in [3.8, 4) is 0 Å². The Morgan fingerprint density at radius 3 is 2.71 bits per heavy atom. The summed E-state index contributed by atoms with van der Waals surface area (Å²) in [7, 11) is 0. The smallest absolute Gasteiger partial charge is 0.254 e. The van der Waals surface area contributed by atoms with Gasteiger partial charge in [0, 0.05) is 30.3 Å². The molecule has 1 aliphatic rings. The second kappa shape index (κ2) is 7.77. The van der Waals surface area contributed by atoms with Crippen molar-refractivity contribution >= 4 is 17.5 Å². The van der Waals surface area contributed by atoms with Crippen molar-refractivity contribution in [2.24, 2.45) is 0 Å². The molecule has 126 valence electrons. The number of ether oxygens (including phenoxy) is 1. The van der Waals surface area contributed by atoms with Gasteiger partial charge in [0.1, 0.15) is 5.82 Å². The molecule has 0 aliphatic carbocycles. The van der Waals surface area contributed by atoms with E-state index in [1.807, 2.05) is 0 Å². The van der Waals surface area contributed by atoms with Crippen molar-refractivity contribution in [1.82, 2.24) is 4.90 Å². The molecule has 24 heavy (non-hydrogen) atoms. The molecule has 5 heteroatoms. The van der Waals surface area contributed by atoms with Crippen molar-refractivity contribution in [3.63, 3.8) is 0 Å². The minimum absolute atomic E-state index is 0.0496. The summed E-state index contributed by atoms with van der Waals surface area (Å²) >= 11 is 6.00. The number of carbonyl (C=O) groups is 1. The fraction of sp³-hybridized carbons (Fsp3) is 0.316. The first-order chi connectivity index (χ1) is 11.6. The Labute approximate surface area is 146 Å². The Morgan fingerprint density at radius 1 is 1.25 bits per heavy atom. The number of benzene rings is 2. The number of halogens is 2. The molecule has 0 spiro atoms. The van der Waals surface area contributed by atoms with Gasteiger partial charge in [-0.1, -0.05) is 29.8 Å². The highest BCUT2D eigenvalue weighted by molar-refractivity contribution is 6.30. The Kier molecular flexibility index (Phi) is 5.48. The van der Waals surface area contributed by atoms with E-state index < -0.39 is 0 Å². The van der Waals surface area contributed by atoms with Crippen LogP contribution >= 0.6 is 11.6 Å². The van der Waals surface area contributed by atoms with E-state index in [4.69, 9.17) is 16.3 Å². The van der Waals surface area contributed by atoms with Gasteiger partial charge in [0.25, 0.3) is 5.91 Å². The zero-order valence-electron chi connectivity index (χ0n) is 13.3. The molecule has 1 amide bonds. The number of nitrogens with zero attached hydrogens (tertiary/aromatic N) is 1. The van der Waals surface area contributed by atoms with Gasteiger partial charge in [-0.15, -0.1) is 0 Å². The summed E-state index contributed by atoms with van der Waals surface area (Å²) in [4.78, 5) is 14.6. The number of hydrogen-bond donors (Lipinski definition) is 0. The molecule has 3 nitrogen and oxygen atoms in total. The Bertz CT molecular complexity index is 699. The maximum absolute atomic E-state index is 13.1. The number of amides is 1. The molecule has 0 aromatic heterocycles. The van der Waals surface area contributed by atoms with Gasteiger partial charge in [0.05, 0.1) is 6.10 Å². The van der Waals surface area contributed by atoms with Crippen LogP contribution in [0.5, 0.6) is 0 Å². The molecule has 2 aromatic rings. The fourth-order valence-corrected chi connectivity index (χ4v) is 3.06. The lowest BCUT2D eigenvalue weighted by molar-refractivity contribution is 0.0507. The van der Waals surface area contributed by atoms with Gasteiger partial charge in [-0.05, 0) is 48.7 Å². The average molecular weight is 348 g/mol. The minimum atomic E-state index is -0.286. The topological polar surface area (TPSA) is 29.5 Å². The third kappa shape index (κ3) is 4.34. The lowest BCUT2D eigenvalue weighted by Gasteiger charge is -2.26. The van der Waals surface area contributed by atoms with Crippen LogP contribution in [0, 0.1) is 5.82 Å². The lowest BCUT2D eigenvalue weighted by Crippen LogP contribution is -2.37. The highest BCUT2D eigenvalue weighted by atomic mass is 35.5. The summed E-state index contributed by atoms with van der Waals surface area (Å²) in [6.45, 7) is 1.66. The summed E-state index contributed by atoms with van der Waals surface area (Å²) in [5, 5.41) is 0.527. The maximum atomic E-state index is 13.1. The molecule has 1 unspecified atom stereocenters. The highest BCUT2D eigenvalue weighted by Crippen LogP contribution is 2.19.